The number of likely N-dealkylation sites (tertiary alicyclic amines) is 1. The molecule has 2 aliphatic rings. The summed E-state index contributed by atoms with van der Waals surface area (Å²) in [4.78, 5) is 13.7. The number of carbonyl (C=O) groups is 1. The fraction of sp³-hybridized carbons (Fsp3) is 0.900. The van der Waals surface area contributed by atoms with Gasteiger partial charge < -0.3 is 15.3 Å². The van der Waals surface area contributed by atoms with Gasteiger partial charge in [0.05, 0.1) is 12.0 Å². The molecule has 0 saturated carbocycles. The summed E-state index contributed by atoms with van der Waals surface area (Å²) in [5.74, 6) is 0.378. The maximum atomic E-state index is 11.9. The maximum absolute atomic E-state index is 11.9. The number of nitrogens with one attached hydrogen (secondary N) is 1. The summed E-state index contributed by atoms with van der Waals surface area (Å²) >= 11 is 0. The van der Waals surface area contributed by atoms with Gasteiger partial charge in [-0.25, -0.2) is 0 Å². The Morgan fingerprint density at radius 3 is 2.86 bits per heavy atom. The van der Waals surface area contributed by atoms with Crippen LogP contribution in [0.1, 0.15) is 19.3 Å². The van der Waals surface area contributed by atoms with Crippen molar-refractivity contribution in [2.24, 2.45) is 5.92 Å². The summed E-state index contributed by atoms with van der Waals surface area (Å²) in [5, 5.41) is 12.6. The summed E-state index contributed by atoms with van der Waals surface area (Å²) in [5.41, 5.74) is 0. The average molecular weight is 198 g/mol. The molecule has 0 unspecified atom stereocenters. The van der Waals surface area contributed by atoms with Crippen molar-refractivity contribution in [3.05, 3.63) is 0 Å². The largest absolute Gasteiger partial charge is 0.391 e. The second-order valence-corrected chi connectivity index (χ2v) is 4.27. The van der Waals surface area contributed by atoms with Crippen LogP contribution in [0.5, 0.6) is 0 Å². The molecular weight excluding hydrogens is 180 g/mol. The number of amides is 1. The predicted octanol–water partition coefficient (Wildman–Crippen LogP) is -0.421. The highest BCUT2D eigenvalue weighted by Gasteiger charge is 2.30. The van der Waals surface area contributed by atoms with Crippen molar-refractivity contribution in [1.29, 1.82) is 0 Å². The SMILES string of the molecule is O=C([C@@H]1CCCNC1)N1CC[C@H](O)C1. The summed E-state index contributed by atoms with van der Waals surface area (Å²) in [6.07, 6.45) is 2.53. The lowest BCUT2D eigenvalue weighted by Crippen LogP contribution is -2.42. The Morgan fingerprint density at radius 1 is 1.43 bits per heavy atom. The van der Waals surface area contributed by atoms with Gasteiger partial charge in [0.25, 0.3) is 0 Å². The molecule has 2 N–H and O–H groups in total. The molecule has 14 heavy (non-hydrogen) atoms. The van der Waals surface area contributed by atoms with Gasteiger partial charge in [-0.1, -0.05) is 0 Å². The lowest BCUT2D eigenvalue weighted by atomic mass is 9.98. The smallest absolute Gasteiger partial charge is 0.227 e. The van der Waals surface area contributed by atoms with Crippen LogP contribution in [0.2, 0.25) is 0 Å². The van der Waals surface area contributed by atoms with Gasteiger partial charge >= 0.3 is 0 Å². The quantitative estimate of drug-likeness (QED) is 0.601. The zero-order valence-electron chi connectivity index (χ0n) is 8.41. The average Bonchev–Trinajstić information content (AvgIpc) is 2.65. The van der Waals surface area contributed by atoms with E-state index in [1.165, 1.54) is 0 Å². The minimum atomic E-state index is -0.296. The highest BCUT2D eigenvalue weighted by Crippen LogP contribution is 2.17. The summed E-state index contributed by atoms with van der Waals surface area (Å²) in [6, 6.07) is 0. The van der Waals surface area contributed by atoms with Gasteiger partial charge in [0.1, 0.15) is 0 Å². The van der Waals surface area contributed by atoms with E-state index in [4.69, 9.17) is 0 Å². The Morgan fingerprint density at radius 2 is 2.29 bits per heavy atom. The fourth-order valence-corrected chi connectivity index (χ4v) is 2.26. The van der Waals surface area contributed by atoms with Crippen LogP contribution in [0.25, 0.3) is 0 Å². The lowest BCUT2D eigenvalue weighted by Gasteiger charge is -2.26. The number of hydrogen-bond donors (Lipinski definition) is 2. The lowest BCUT2D eigenvalue weighted by molar-refractivity contribution is -0.135. The minimum absolute atomic E-state index is 0.147. The maximum Gasteiger partial charge on any atom is 0.227 e. The molecule has 0 aromatic rings. The number of hydrogen-bond acceptors (Lipinski definition) is 3. The highest BCUT2D eigenvalue weighted by atomic mass is 16.3. The van der Waals surface area contributed by atoms with Crippen LogP contribution in [0.15, 0.2) is 0 Å². The minimum Gasteiger partial charge on any atom is -0.391 e. The monoisotopic (exact) mass is 198 g/mol. The molecule has 0 aliphatic carbocycles. The van der Waals surface area contributed by atoms with E-state index in [0.717, 1.165) is 38.9 Å². The third kappa shape index (κ3) is 2.07. The molecule has 2 saturated heterocycles. The Kier molecular flexibility index (Phi) is 3.03. The first-order chi connectivity index (χ1) is 6.77. The number of carbonyl (C=O) groups excluding carboxylic acids is 1. The van der Waals surface area contributed by atoms with Crippen LogP contribution in [0, 0.1) is 5.92 Å². The van der Waals surface area contributed by atoms with Gasteiger partial charge in [0, 0.05) is 19.6 Å². The second kappa shape index (κ2) is 4.28. The van der Waals surface area contributed by atoms with E-state index < -0.39 is 0 Å². The van der Waals surface area contributed by atoms with Crippen LogP contribution in [-0.2, 0) is 4.79 Å². The molecule has 80 valence electrons. The molecule has 0 radical (unpaired) electrons. The van der Waals surface area contributed by atoms with Crippen molar-refractivity contribution >= 4 is 5.91 Å². The number of nitrogens with zero attached hydrogens (tertiary/aromatic N) is 1. The number of aliphatic hydroxyl groups is 1. The van der Waals surface area contributed by atoms with E-state index in [9.17, 15) is 9.90 Å². The van der Waals surface area contributed by atoms with Gasteiger partial charge in [0.15, 0.2) is 0 Å². The molecule has 0 spiro atoms. The van der Waals surface area contributed by atoms with E-state index in [-0.39, 0.29) is 17.9 Å². The van der Waals surface area contributed by atoms with Crippen molar-refractivity contribution in [2.45, 2.75) is 25.4 Å². The number of aliphatic hydroxyl groups excluding tert-OH is 1. The second-order valence-electron chi connectivity index (χ2n) is 4.27. The molecule has 2 atom stereocenters. The van der Waals surface area contributed by atoms with Crippen LogP contribution < -0.4 is 5.32 Å². The van der Waals surface area contributed by atoms with Crippen molar-refractivity contribution < 1.29 is 9.90 Å². The normalized spacial score (nSPS) is 33.4. The first-order valence-corrected chi connectivity index (χ1v) is 5.45. The molecule has 2 heterocycles. The van der Waals surface area contributed by atoms with Gasteiger partial charge in [-0.05, 0) is 25.8 Å². The summed E-state index contributed by atoms with van der Waals surface area (Å²) < 4.78 is 0. The Balaban J connectivity index is 1.87. The van der Waals surface area contributed by atoms with Crippen LogP contribution in [-0.4, -0.2) is 48.2 Å². The third-order valence-electron chi connectivity index (χ3n) is 3.12. The van der Waals surface area contributed by atoms with E-state index in [0.29, 0.717) is 6.54 Å². The summed E-state index contributed by atoms with van der Waals surface area (Å²) in [6.45, 7) is 3.11. The van der Waals surface area contributed by atoms with Crippen molar-refractivity contribution in [3.8, 4) is 0 Å². The number of rotatable bonds is 1. The Labute approximate surface area is 84.3 Å². The molecule has 4 heteroatoms. The Hall–Kier alpha value is -0.610. The molecular formula is C10H18N2O2. The van der Waals surface area contributed by atoms with E-state index in [2.05, 4.69) is 5.32 Å². The van der Waals surface area contributed by atoms with Gasteiger partial charge in [-0.2, -0.15) is 0 Å². The predicted molar refractivity (Wildman–Crippen MR) is 52.8 cm³/mol. The first-order valence-electron chi connectivity index (χ1n) is 5.45. The zero-order chi connectivity index (χ0) is 9.97. The molecule has 2 fully saturated rings. The number of β-amino-alcohol motifs (C(OH)–C–C–N with tert-alkyl or cyclic N) is 1. The molecule has 2 aliphatic heterocycles. The molecule has 0 bridgehead atoms. The van der Waals surface area contributed by atoms with Gasteiger partial charge in [0.2, 0.25) is 5.91 Å². The molecule has 1 amide bonds. The van der Waals surface area contributed by atoms with Crippen molar-refractivity contribution in [1.82, 2.24) is 10.2 Å². The summed E-state index contributed by atoms with van der Waals surface area (Å²) in [7, 11) is 0. The molecule has 4 nitrogen and oxygen atoms in total. The molecule has 0 aromatic carbocycles. The zero-order valence-corrected chi connectivity index (χ0v) is 8.41. The van der Waals surface area contributed by atoms with Gasteiger partial charge in [-0.15, -0.1) is 0 Å². The Bertz CT molecular complexity index is 207. The van der Waals surface area contributed by atoms with Crippen molar-refractivity contribution in [3.63, 3.8) is 0 Å². The third-order valence-corrected chi connectivity index (χ3v) is 3.12. The van der Waals surface area contributed by atoms with Crippen LogP contribution >= 0.6 is 0 Å². The topological polar surface area (TPSA) is 52.6 Å². The standard InChI is InChI=1S/C10H18N2O2/c13-9-3-5-12(7-9)10(14)8-2-1-4-11-6-8/h8-9,11,13H,1-7H2/t8-,9+/m1/s1. The van der Waals surface area contributed by atoms with E-state index >= 15 is 0 Å². The van der Waals surface area contributed by atoms with Crippen LogP contribution in [0.4, 0.5) is 0 Å². The van der Waals surface area contributed by atoms with Crippen LogP contribution in [0.3, 0.4) is 0 Å². The van der Waals surface area contributed by atoms with Gasteiger partial charge in [-0.3, -0.25) is 4.79 Å². The van der Waals surface area contributed by atoms with Crippen molar-refractivity contribution in [2.75, 3.05) is 26.2 Å². The molecule has 2 rings (SSSR count). The number of piperidine rings is 1. The van der Waals surface area contributed by atoms with E-state index in [1.54, 1.807) is 0 Å². The first kappa shape index (κ1) is 9.93. The fourth-order valence-electron chi connectivity index (χ4n) is 2.26. The van der Waals surface area contributed by atoms with E-state index in [1.807, 2.05) is 4.90 Å². The highest BCUT2D eigenvalue weighted by molar-refractivity contribution is 5.79. The molecule has 0 aromatic heterocycles.